The smallest absolute Gasteiger partial charge is 0.260 e. The second kappa shape index (κ2) is 6.77. The minimum atomic E-state index is -3.58. The summed E-state index contributed by atoms with van der Waals surface area (Å²) in [6.45, 7) is 0.839. The number of hydrogen-bond acceptors (Lipinski definition) is 4. The summed E-state index contributed by atoms with van der Waals surface area (Å²) in [5.41, 5.74) is 0.473. The lowest BCUT2D eigenvalue weighted by Gasteiger charge is -2.31. The van der Waals surface area contributed by atoms with Crippen molar-refractivity contribution < 1.29 is 17.5 Å². The first-order chi connectivity index (χ1) is 11.1. The van der Waals surface area contributed by atoms with Crippen molar-refractivity contribution in [3.8, 4) is 0 Å². The number of rotatable bonds is 5. The van der Waals surface area contributed by atoms with E-state index in [0.717, 1.165) is 6.42 Å². The number of H-pyrrole nitrogens is 1. The van der Waals surface area contributed by atoms with E-state index < -0.39 is 10.0 Å². The Morgan fingerprint density at radius 1 is 1.39 bits per heavy atom. The number of piperidine rings is 1. The van der Waals surface area contributed by atoms with E-state index in [1.54, 1.807) is 18.2 Å². The number of nitrogens with zero attached hydrogens (tertiary/aromatic N) is 2. The van der Waals surface area contributed by atoms with E-state index in [1.165, 1.54) is 22.9 Å². The summed E-state index contributed by atoms with van der Waals surface area (Å²) in [4.78, 5) is 6.38. The largest absolute Gasteiger partial charge is 0.372 e. The van der Waals surface area contributed by atoms with Crippen molar-refractivity contribution in [3.63, 3.8) is 0 Å². The topological polar surface area (TPSA) is 75.3 Å². The molecule has 1 atom stereocenters. The van der Waals surface area contributed by atoms with Gasteiger partial charge >= 0.3 is 0 Å². The molecule has 0 unspecified atom stereocenters. The van der Waals surface area contributed by atoms with Crippen molar-refractivity contribution >= 4 is 10.0 Å². The molecule has 0 bridgehead atoms. The number of aromatic nitrogens is 2. The summed E-state index contributed by atoms with van der Waals surface area (Å²) in [7, 11) is -3.58. The zero-order valence-corrected chi connectivity index (χ0v) is 13.3. The van der Waals surface area contributed by atoms with Crippen molar-refractivity contribution in [2.24, 2.45) is 0 Å². The SMILES string of the molecule is O=S(=O)(c1cnc[nH]1)N1CCC[C@H](OCc2ccccc2F)C1. The Labute approximate surface area is 134 Å². The van der Waals surface area contributed by atoms with Gasteiger partial charge in [0.25, 0.3) is 10.0 Å². The molecule has 1 aromatic carbocycles. The Bertz CT molecular complexity index is 749. The zero-order chi connectivity index (χ0) is 16.3. The highest BCUT2D eigenvalue weighted by atomic mass is 32.2. The summed E-state index contributed by atoms with van der Waals surface area (Å²) in [6, 6.07) is 6.42. The Balaban J connectivity index is 1.64. The van der Waals surface area contributed by atoms with Gasteiger partial charge in [0.15, 0.2) is 5.03 Å². The normalized spacial score (nSPS) is 19.8. The highest BCUT2D eigenvalue weighted by molar-refractivity contribution is 7.89. The molecular formula is C15H18FN3O3S. The van der Waals surface area contributed by atoms with Crippen molar-refractivity contribution in [1.29, 1.82) is 0 Å². The molecule has 0 saturated carbocycles. The number of benzene rings is 1. The molecule has 0 amide bonds. The number of aromatic amines is 1. The fourth-order valence-corrected chi connectivity index (χ4v) is 4.01. The average molecular weight is 339 g/mol. The zero-order valence-electron chi connectivity index (χ0n) is 12.5. The van der Waals surface area contributed by atoms with Gasteiger partial charge in [0.2, 0.25) is 0 Å². The standard InChI is InChI=1S/C15H18FN3O3S/c16-14-6-2-1-4-12(14)10-22-13-5-3-7-19(9-13)23(20,21)15-8-17-11-18-15/h1-2,4,6,8,11,13H,3,5,7,9-10H2,(H,17,18)/t13-/m0/s1. The van der Waals surface area contributed by atoms with Crippen LogP contribution in [0.15, 0.2) is 41.8 Å². The molecule has 0 radical (unpaired) electrons. The Morgan fingerprint density at radius 3 is 2.96 bits per heavy atom. The van der Waals surface area contributed by atoms with Gasteiger partial charge in [0.05, 0.1) is 25.2 Å². The van der Waals surface area contributed by atoms with Crippen LogP contribution < -0.4 is 0 Å². The van der Waals surface area contributed by atoms with Gasteiger partial charge in [0, 0.05) is 18.7 Å². The minimum absolute atomic E-state index is 0.0762. The number of hydrogen-bond donors (Lipinski definition) is 1. The van der Waals surface area contributed by atoms with Crippen LogP contribution >= 0.6 is 0 Å². The Hall–Kier alpha value is -1.77. The quantitative estimate of drug-likeness (QED) is 0.903. The molecule has 1 aromatic heterocycles. The molecule has 6 nitrogen and oxygen atoms in total. The molecule has 124 valence electrons. The predicted octanol–water partition coefficient (Wildman–Crippen LogP) is 1.92. The van der Waals surface area contributed by atoms with Gasteiger partial charge in [-0.1, -0.05) is 18.2 Å². The molecule has 8 heteroatoms. The van der Waals surface area contributed by atoms with Crippen LogP contribution in [0.25, 0.3) is 0 Å². The maximum Gasteiger partial charge on any atom is 0.260 e. The van der Waals surface area contributed by atoms with Crippen LogP contribution in [0.3, 0.4) is 0 Å². The number of ether oxygens (including phenoxy) is 1. The predicted molar refractivity (Wildman–Crippen MR) is 81.6 cm³/mol. The minimum Gasteiger partial charge on any atom is -0.372 e. The van der Waals surface area contributed by atoms with Crippen LogP contribution in [0.1, 0.15) is 18.4 Å². The molecule has 1 saturated heterocycles. The highest BCUT2D eigenvalue weighted by Gasteiger charge is 2.31. The highest BCUT2D eigenvalue weighted by Crippen LogP contribution is 2.21. The van der Waals surface area contributed by atoms with Gasteiger partial charge in [-0.15, -0.1) is 0 Å². The van der Waals surface area contributed by atoms with E-state index >= 15 is 0 Å². The monoisotopic (exact) mass is 339 g/mol. The van der Waals surface area contributed by atoms with Gasteiger partial charge < -0.3 is 9.72 Å². The van der Waals surface area contributed by atoms with Crippen LogP contribution in [-0.4, -0.2) is 41.9 Å². The third-order valence-electron chi connectivity index (χ3n) is 3.86. The number of nitrogens with one attached hydrogen (secondary N) is 1. The lowest BCUT2D eigenvalue weighted by atomic mass is 10.1. The molecule has 0 aliphatic carbocycles. The van der Waals surface area contributed by atoms with E-state index in [9.17, 15) is 12.8 Å². The van der Waals surface area contributed by atoms with Crippen LogP contribution in [-0.2, 0) is 21.4 Å². The van der Waals surface area contributed by atoms with Gasteiger partial charge in [0.1, 0.15) is 5.82 Å². The lowest BCUT2D eigenvalue weighted by molar-refractivity contribution is 0.00692. The maximum absolute atomic E-state index is 13.6. The fourth-order valence-electron chi connectivity index (χ4n) is 2.61. The van der Waals surface area contributed by atoms with Crippen LogP contribution in [0.5, 0.6) is 0 Å². The number of sulfonamides is 1. The van der Waals surface area contributed by atoms with Crippen molar-refractivity contribution in [2.45, 2.75) is 30.6 Å². The van der Waals surface area contributed by atoms with E-state index in [-0.39, 0.29) is 30.1 Å². The lowest BCUT2D eigenvalue weighted by Crippen LogP contribution is -2.43. The summed E-state index contributed by atoms with van der Waals surface area (Å²) in [5, 5.41) is 0.0762. The second-order valence-electron chi connectivity index (χ2n) is 5.45. The third kappa shape index (κ3) is 3.60. The van der Waals surface area contributed by atoms with E-state index in [0.29, 0.717) is 18.5 Å². The second-order valence-corrected chi connectivity index (χ2v) is 7.35. The van der Waals surface area contributed by atoms with Gasteiger partial charge in [-0.2, -0.15) is 4.31 Å². The van der Waals surface area contributed by atoms with Crippen molar-refractivity contribution in [1.82, 2.24) is 14.3 Å². The fraction of sp³-hybridized carbons (Fsp3) is 0.400. The van der Waals surface area contributed by atoms with Crippen LogP contribution in [0.2, 0.25) is 0 Å². The first-order valence-corrected chi connectivity index (χ1v) is 8.85. The summed E-state index contributed by atoms with van der Waals surface area (Å²) >= 11 is 0. The van der Waals surface area contributed by atoms with Crippen LogP contribution in [0.4, 0.5) is 4.39 Å². The van der Waals surface area contributed by atoms with Gasteiger partial charge in [-0.25, -0.2) is 17.8 Å². The maximum atomic E-state index is 13.6. The third-order valence-corrected chi connectivity index (χ3v) is 5.65. The Morgan fingerprint density at radius 2 is 2.22 bits per heavy atom. The molecule has 23 heavy (non-hydrogen) atoms. The first-order valence-electron chi connectivity index (χ1n) is 7.41. The van der Waals surface area contributed by atoms with Crippen LogP contribution in [0, 0.1) is 5.82 Å². The number of imidazole rings is 1. The summed E-state index contributed by atoms with van der Waals surface area (Å²) in [6.07, 6.45) is 3.84. The first kappa shape index (κ1) is 16.1. The molecule has 1 fully saturated rings. The number of halogens is 1. The summed E-state index contributed by atoms with van der Waals surface area (Å²) < 4.78 is 45.6. The molecule has 3 rings (SSSR count). The Kier molecular flexibility index (Phi) is 4.74. The van der Waals surface area contributed by atoms with Crippen molar-refractivity contribution in [3.05, 3.63) is 48.2 Å². The van der Waals surface area contributed by atoms with Gasteiger partial charge in [-0.05, 0) is 18.9 Å². The molecule has 1 aliphatic heterocycles. The van der Waals surface area contributed by atoms with Crippen molar-refractivity contribution in [2.75, 3.05) is 13.1 Å². The van der Waals surface area contributed by atoms with E-state index in [4.69, 9.17) is 4.74 Å². The molecule has 2 aromatic rings. The summed E-state index contributed by atoms with van der Waals surface area (Å²) in [5.74, 6) is -0.315. The molecule has 1 aliphatic rings. The average Bonchev–Trinajstić information content (AvgIpc) is 3.10. The molecule has 1 N–H and O–H groups in total. The van der Waals surface area contributed by atoms with Gasteiger partial charge in [-0.3, -0.25) is 0 Å². The molecule has 0 spiro atoms. The van der Waals surface area contributed by atoms with E-state index in [2.05, 4.69) is 9.97 Å². The molecular weight excluding hydrogens is 321 g/mol. The van der Waals surface area contributed by atoms with E-state index in [1.807, 2.05) is 0 Å². The molecule has 2 heterocycles.